The van der Waals surface area contributed by atoms with Gasteiger partial charge in [0.25, 0.3) is 0 Å². The van der Waals surface area contributed by atoms with Crippen molar-refractivity contribution in [1.82, 2.24) is 4.98 Å². The molecule has 13 heavy (non-hydrogen) atoms. The van der Waals surface area contributed by atoms with E-state index in [1.807, 2.05) is 6.92 Å². The summed E-state index contributed by atoms with van der Waals surface area (Å²) in [5.74, 6) is 0.587. The second-order valence-corrected chi connectivity index (χ2v) is 4.65. The summed E-state index contributed by atoms with van der Waals surface area (Å²) in [7, 11) is 0. The molecular weight excluding hydrogens is 182 g/mol. The molecule has 2 rings (SSSR count). The van der Waals surface area contributed by atoms with Gasteiger partial charge in [0.1, 0.15) is 0 Å². The zero-order valence-electron chi connectivity index (χ0n) is 8.03. The number of nitrogens with zero attached hydrogens (tertiary/aromatic N) is 2. The lowest BCUT2D eigenvalue weighted by atomic mass is 10.1. The molecule has 0 aromatic carbocycles. The van der Waals surface area contributed by atoms with Crippen LogP contribution in [0.4, 0.5) is 5.13 Å². The number of hydrogen-bond donors (Lipinski definition) is 1. The molecular formula is C9H15N3S. The van der Waals surface area contributed by atoms with Gasteiger partial charge in [0.15, 0.2) is 5.13 Å². The number of thiazole rings is 1. The zero-order valence-corrected chi connectivity index (χ0v) is 8.84. The molecule has 0 spiro atoms. The Hall–Kier alpha value is -0.610. The molecule has 1 aromatic rings. The highest BCUT2D eigenvalue weighted by Crippen LogP contribution is 2.25. The molecule has 2 N–H and O–H groups in total. The summed E-state index contributed by atoms with van der Waals surface area (Å²) in [4.78, 5) is 6.74. The topological polar surface area (TPSA) is 42.1 Å². The number of aryl methyl sites for hydroxylation is 1. The van der Waals surface area contributed by atoms with Gasteiger partial charge in [-0.2, -0.15) is 0 Å². The Morgan fingerprint density at radius 3 is 2.85 bits per heavy atom. The predicted molar refractivity (Wildman–Crippen MR) is 56.2 cm³/mol. The third kappa shape index (κ3) is 1.69. The first kappa shape index (κ1) is 8.97. The molecule has 0 aliphatic carbocycles. The van der Waals surface area contributed by atoms with E-state index in [1.165, 1.54) is 0 Å². The van der Waals surface area contributed by atoms with E-state index in [9.17, 15) is 0 Å². The van der Waals surface area contributed by atoms with Crippen LogP contribution in [0.5, 0.6) is 0 Å². The van der Waals surface area contributed by atoms with Crippen molar-refractivity contribution >= 4 is 16.5 Å². The summed E-state index contributed by atoms with van der Waals surface area (Å²) >= 11 is 1.71. The van der Waals surface area contributed by atoms with E-state index in [-0.39, 0.29) is 0 Å². The molecule has 2 atom stereocenters. The molecule has 2 unspecified atom stereocenters. The lowest BCUT2D eigenvalue weighted by Crippen LogP contribution is -2.28. The number of hydrogen-bond acceptors (Lipinski definition) is 4. The molecule has 4 heteroatoms. The maximum absolute atomic E-state index is 5.95. The smallest absolute Gasteiger partial charge is 0.185 e. The Balaban J connectivity index is 2.11. The van der Waals surface area contributed by atoms with E-state index in [0.29, 0.717) is 12.0 Å². The van der Waals surface area contributed by atoms with Crippen molar-refractivity contribution in [2.75, 3.05) is 18.0 Å². The van der Waals surface area contributed by atoms with E-state index in [1.54, 1.807) is 11.3 Å². The lowest BCUT2D eigenvalue weighted by Gasteiger charge is -2.13. The van der Waals surface area contributed by atoms with E-state index >= 15 is 0 Å². The van der Waals surface area contributed by atoms with Crippen LogP contribution in [-0.2, 0) is 0 Å². The van der Waals surface area contributed by atoms with E-state index in [0.717, 1.165) is 23.9 Å². The van der Waals surface area contributed by atoms with Crippen molar-refractivity contribution in [3.63, 3.8) is 0 Å². The molecule has 0 radical (unpaired) electrons. The van der Waals surface area contributed by atoms with E-state index in [2.05, 4.69) is 22.2 Å². The average Bonchev–Trinajstić information content (AvgIpc) is 2.61. The highest BCUT2D eigenvalue weighted by molar-refractivity contribution is 7.13. The number of nitrogens with two attached hydrogens (primary N) is 1. The first-order chi connectivity index (χ1) is 6.16. The minimum atomic E-state index is 0.309. The molecule has 1 aromatic heterocycles. The zero-order chi connectivity index (χ0) is 9.42. The lowest BCUT2D eigenvalue weighted by molar-refractivity contribution is 0.566. The van der Waals surface area contributed by atoms with Gasteiger partial charge in [-0.15, -0.1) is 11.3 Å². The van der Waals surface area contributed by atoms with Gasteiger partial charge >= 0.3 is 0 Å². The molecule has 1 saturated heterocycles. The molecule has 1 aliphatic rings. The van der Waals surface area contributed by atoms with Crippen molar-refractivity contribution < 1.29 is 0 Å². The summed E-state index contributed by atoms with van der Waals surface area (Å²) in [6.07, 6.45) is 0. The van der Waals surface area contributed by atoms with Gasteiger partial charge in [-0.25, -0.2) is 4.98 Å². The van der Waals surface area contributed by atoms with Crippen LogP contribution in [-0.4, -0.2) is 24.1 Å². The van der Waals surface area contributed by atoms with Crippen LogP contribution in [0.25, 0.3) is 0 Å². The van der Waals surface area contributed by atoms with Crippen LogP contribution in [0.3, 0.4) is 0 Å². The fraction of sp³-hybridized carbons (Fsp3) is 0.667. The van der Waals surface area contributed by atoms with Crippen LogP contribution in [0, 0.1) is 12.8 Å². The monoisotopic (exact) mass is 197 g/mol. The second kappa shape index (κ2) is 3.27. The van der Waals surface area contributed by atoms with Gasteiger partial charge in [-0.1, -0.05) is 6.92 Å². The molecule has 72 valence electrons. The Morgan fingerprint density at radius 2 is 2.38 bits per heavy atom. The minimum Gasteiger partial charge on any atom is -0.346 e. The van der Waals surface area contributed by atoms with Gasteiger partial charge in [0.2, 0.25) is 0 Å². The van der Waals surface area contributed by atoms with Gasteiger partial charge in [0.05, 0.1) is 5.69 Å². The highest BCUT2D eigenvalue weighted by Gasteiger charge is 2.27. The van der Waals surface area contributed by atoms with Crippen molar-refractivity contribution in [3.8, 4) is 0 Å². The summed E-state index contributed by atoms with van der Waals surface area (Å²) in [6, 6.07) is 0.309. The highest BCUT2D eigenvalue weighted by atomic mass is 32.1. The maximum atomic E-state index is 5.95. The third-order valence-corrected chi connectivity index (χ3v) is 3.57. The Kier molecular flexibility index (Phi) is 2.26. The number of anilines is 1. The average molecular weight is 197 g/mol. The molecule has 1 fully saturated rings. The fourth-order valence-corrected chi connectivity index (χ4v) is 2.46. The number of rotatable bonds is 1. The minimum absolute atomic E-state index is 0.309. The Morgan fingerprint density at radius 1 is 1.62 bits per heavy atom. The van der Waals surface area contributed by atoms with Gasteiger partial charge in [0, 0.05) is 24.5 Å². The van der Waals surface area contributed by atoms with E-state index in [4.69, 9.17) is 5.73 Å². The quantitative estimate of drug-likeness (QED) is 0.736. The first-order valence-electron chi connectivity index (χ1n) is 4.59. The van der Waals surface area contributed by atoms with Crippen LogP contribution in [0.2, 0.25) is 0 Å². The van der Waals surface area contributed by atoms with Crippen LogP contribution in [0.15, 0.2) is 5.38 Å². The molecule has 0 amide bonds. The predicted octanol–water partition coefficient (Wildman–Crippen LogP) is 1.23. The third-order valence-electron chi connectivity index (χ3n) is 2.55. The van der Waals surface area contributed by atoms with Crippen molar-refractivity contribution in [2.24, 2.45) is 11.7 Å². The maximum Gasteiger partial charge on any atom is 0.185 e. The van der Waals surface area contributed by atoms with Crippen molar-refractivity contribution in [3.05, 3.63) is 11.1 Å². The summed E-state index contributed by atoms with van der Waals surface area (Å²) in [6.45, 7) is 6.23. The van der Waals surface area contributed by atoms with Gasteiger partial charge in [-0.3, -0.25) is 0 Å². The van der Waals surface area contributed by atoms with Crippen LogP contribution < -0.4 is 10.6 Å². The standard InChI is InChI=1S/C9H15N3S/c1-6-3-12(4-8(6)10)9-11-7(2)5-13-9/h5-6,8H,3-4,10H2,1-2H3. The van der Waals surface area contributed by atoms with Crippen molar-refractivity contribution in [2.45, 2.75) is 19.9 Å². The SMILES string of the molecule is Cc1csc(N2CC(C)C(N)C2)n1. The van der Waals surface area contributed by atoms with Gasteiger partial charge < -0.3 is 10.6 Å². The summed E-state index contributed by atoms with van der Waals surface area (Å²) in [5, 5.41) is 3.21. The molecule has 2 heterocycles. The molecule has 1 aliphatic heterocycles. The Bertz CT molecular complexity index is 287. The van der Waals surface area contributed by atoms with E-state index < -0.39 is 0 Å². The summed E-state index contributed by atoms with van der Waals surface area (Å²) < 4.78 is 0. The van der Waals surface area contributed by atoms with Crippen LogP contribution >= 0.6 is 11.3 Å². The largest absolute Gasteiger partial charge is 0.346 e. The normalized spacial score (nSPS) is 28.4. The molecule has 0 saturated carbocycles. The van der Waals surface area contributed by atoms with Gasteiger partial charge in [-0.05, 0) is 12.8 Å². The van der Waals surface area contributed by atoms with Crippen molar-refractivity contribution in [1.29, 1.82) is 0 Å². The summed E-state index contributed by atoms with van der Waals surface area (Å²) in [5.41, 5.74) is 7.05. The number of aromatic nitrogens is 1. The van der Waals surface area contributed by atoms with Crippen LogP contribution in [0.1, 0.15) is 12.6 Å². The Labute approximate surface area is 82.6 Å². The first-order valence-corrected chi connectivity index (χ1v) is 5.47. The molecule has 0 bridgehead atoms. The second-order valence-electron chi connectivity index (χ2n) is 3.82. The fourth-order valence-electron chi connectivity index (χ4n) is 1.63. The molecule has 3 nitrogen and oxygen atoms in total.